The van der Waals surface area contributed by atoms with Gasteiger partial charge in [-0.05, 0) is 37.6 Å². The van der Waals surface area contributed by atoms with Crippen LogP contribution in [-0.2, 0) is 4.74 Å². The first-order chi connectivity index (χ1) is 13.5. The van der Waals surface area contributed by atoms with Crippen molar-refractivity contribution in [2.45, 2.75) is 20.3 Å². The van der Waals surface area contributed by atoms with Gasteiger partial charge in [0.05, 0.1) is 23.2 Å². The van der Waals surface area contributed by atoms with Gasteiger partial charge in [-0.3, -0.25) is 9.36 Å². The van der Waals surface area contributed by atoms with E-state index >= 15 is 0 Å². The van der Waals surface area contributed by atoms with Crippen LogP contribution in [0.4, 0.5) is 5.69 Å². The zero-order chi connectivity index (χ0) is 20.3. The molecule has 3 aromatic rings. The number of hydrogen-bond acceptors (Lipinski definition) is 6. The Morgan fingerprint density at radius 1 is 1.36 bits per heavy atom. The smallest absolute Gasteiger partial charge is 0.275 e. The van der Waals surface area contributed by atoms with Crippen molar-refractivity contribution in [3.8, 4) is 0 Å². The fourth-order valence-corrected chi connectivity index (χ4v) is 3.89. The lowest BCUT2D eigenvalue weighted by atomic mass is 10.2. The molecule has 3 heterocycles. The summed E-state index contributed by atoms with van der Waals surface area (Å²) in [4.78, 5) is 24.9. The Morgan fingerprint density at radius 3 is 2.82 bits per heavy atom. The third-order valence-electron chi connectivity index (χ3n) is 4.28. The van der Waals surface area contributed by atoms with Crippen LogP contribution in [0.15, 0.2) is 54.0 Å². The summed E-state index contributed by atoms with van der Waals surface area (Å²) in [7, 11) is 3.94. The quantitative estimate of drug-likeness (QED) is 0.437. The van der Waals surface area contributed by atoms with Gasteiger partial charge >= 0.3 is 0 Å². The number of fused-ring (bicyclic) bond motifs is 3. The minimum Gasteiger partial charge on any atom is -0.494 e. The van der Waals surface area contributed by atoms with Gasteiger partial charge in [-0.1, -0.05) is 13.5 Å². The summed E-state index contributed by atoms with van der Waals surface area (Å²) in [6.45, 7) is 8.29. The lowest BCUT2D eigenvalue weighted by molar-refractivity contribution is 0.225. The minimum absolute atomic E-state index is 0.102. The number of rotatable bonds is 7. The molecule has 0 fully saturated rings. The van der Waals surface area contributed by atoms with Crippen molar-refractivity contribution in [3.63, 3.8) is 0 Å². The number of ether oxygens (including phenoxy) is 1. The van der Waals surface area contributed by atoms with E-state index in [0.717, 1.165) is 28.0 Å². The SMILES string of the molecule is C=C/C(=C\C=C(/C)n1cnc2c(sc3nccc(N(C)C)c32)c1=O)OCCC. The Kier molecular flexibility index (Phi) is 5.94. The van der Waals surface area contributed by atoms with Crippen molar-refractivity contribution in [2.75, 3.05) is 25.6 Å². The van der Waals surface area contributed by atoms with Gasteiger partial charge in [0, 0.05) is 26.0 Å². The second kappa shape index (κ2) is 8.39. The van der Waals surface area contributed by atoms with Crippen LogP contribution in [0.2, 0.25) is 0 Å². The number of pyridine rings is 1. The molecule has 0 unspecified atom stereocenters. The minimum atomic E-state index is -0.102. The zero-order valence-corrected chi connectivity index (χ0v) is 17.4. The number of thiophene rings is 1. The van der Waals surface area contributed by atoms with Crippen LogP contribution >= 0.6 is 11.3 Å². The molecular formula is C21H24N4O2S. The van der Waals surface area contributed by atoms with Gasteiger partial charge in [-0.2, -0.15) is 0 Å². The summed E-state index contributed by atoms with van der Waals surface area (Å²) in [5.74, 6) is 0.671. The second-order valence-electron chi connectivity index (χ2n) is 6.53. The molecule has 146 valence electrons. The summed E-state index contributed by atoms with van der Waals surface area (Å²) in [6, 6.07) is 1.94. The summed E-state index contributed by atoms with van der Waals surface area (Å²) in [5.41, 5.74) is 2.34. The van der Waals surface area contributed by atoms with E-state index in [4.69, 9.17) is 4.74 Å². The third kappa shape index (κ3) is 3.71. The molecule has 0 aliphatic heterocycles. The highest BCUT2D eigenvalue weighted by atomic mass is 32.1. The fourth-order valence-electron chi connectivity index (χ4n) is 2.84. The van der Waals surface area contributed by atoms with E-state index in [1.54, 1.807) is 23.2 Å². The first-order valence-electron chi connectivity index (χ1n) is 9.08. The highest BCUT2D eigenvalue weighted by Gasteiger charge is 2.16. The Labute approximate surface area is 168 Å². The lowest BCUT2D eigenvalue weighted by Gasteiger charge is -2.13. The van der Waals surface area contributed by atoms with Crippen molar-refractivity contribution in [2.24, 2.45) is 0 Å². The van der Waals surface area contributed by atoms with Crippen molar-refractivity contribution in [3.05, 3.63) is 59.5 Å². The van der Waals surface area contributed by atoms with Gasteiger partial charge in [-0.15, -0.1) is 11.3 Å². The van der Waals surface area contributed by atoms with Crippen LogP contribution < -0.4 is 10.5 Å². The third-order valence-corrected chi connectivity index (χ3v) is 5.36. The Balaban J connectivity index is 2.10. The standard InChI is InChI=1S/C21H24N4O2S/c1-6-12-27-15(7-2)9-8-14(3)25-13-23-18-17-16(24(4)5)10-11-22-20(17)28-19(18)21(25)26/h7-11,13H,2,6,12H2,1,3-5H3/b14-8+,15-9+. The fraction of sp³-hybridized carbons (Fsp3) is 0.286. The number of hydrogen-bond donors (Lipinski definition) is 0. The molecule has 28 heavy (non-hydrogen) atoms. The maximum atomic E-state index is 13.1. The monoisotopic (exact) mass is 396 g/mol. The molecule has 3 aromatic heterocycles. The van der Waals surface area contributed by atoms with Gasteiger partial charge in [0.25, 0.3) is 5.56 Å². The lowest BCUT2D eigenvalue weighted by Crippen LogP contribution is -2.18. The predicted octanol–water partition coefficient (Wildman–Crippen LogP) is 4.43. The molecule has 0 N–H and O–H groups in total. The predicted molar refractivity (Wildman–Crippen MR) is 118 cm³/mol. The van der Waals surface area contributed by atoms with E-state index in [1.165, 1.54) is 11.3 Å². The van der Waals surface area contributed by atoms with E-state index in [2.05, 4.69) is 16.5 Å². The average molecular weight is 397 g/mol. The van der Waals surface area contributed by atoms with Crippen LogP contribution in [0.1, 0.15) is 20.3 Å². The van der Waals surface area contributed by atoms with Crippen molar-refractivity contribution >= 4 is 43.2 Å². The van der Waals surface area contributed by atoms with Crippen LogP contribution in [0.5, 0.6) is 0 Å². The van der Waals surface area contributed by atoms with E-state index in [0.29, 0.717) is 22.6 Å². The maximum Gasteiger partial charge on any atom is 0.275 e. The highest BCUT2D eigenvalue weighted by Crippen LogP contribution is 2.35. The number of aromatic nitrogens is 3. The van der Waals surface area contributed by atoms with Crippen LogP contribution in [0.3, 0.4) is 0 Å². The van der Waals surface area contributed by atoms with Gasteiger partial charge < -0.3 is 9.64 Å². The Bertz CT molecular complexity index is 1140. The van der Waals surface area contributed by atoms with Gasteiger partial charge in [-0.25, -0.2) is 9.97 Å². The largest absolute Gasteiger partial charge is 0.494 e. The topological polar surface area (TPSA) is 60.2 Å². The Hall–Kier alpha value is -2.93. The summed E-state index contributed by atoms with van der Waals surface area (Å²) >= 11 is 1.37. The molecular weight excluding hydrogens is 372 g/mol. The Morgan fingerprint density at radius 2 is 2.14 bits per heavy atom. The van der Waals surface area contributed by atoms with Gasteiger partial charge in [0.1, 0.15) is 21.6 Å². The molecule has 3 rings (SSSR count). The van der Waals surface area contributed by atoms with Crippen molar-refractivity contribution in [1.82, 2.24) is 14.5 Å². The summed E-state index contributed by atoms with van der Waals surface area (Å²) in [5, 5.41) is 0.917. The molecule has 0 aliphatic rings. The molecule has 7 heteroatoms. The van der Waals surface area contributed by atoms with Crippen LogP contribution in [-0.4, -0.2) is 35.2 Å². The molecule has 0 aliphatic carbocycles. The number of anilines is 1. The maximum absolute atomic E-state index is 13.1. The molecule has 0 atom stereocenters. The molecule has 0 bridgehead atoms. The average Bonchev–Trinajstić information content (AvgIpc) is 3.08. The molecule has 0 aromatic carbocycles. The molecule has 0 saturated carbocycles. The second-order valence-corrected chi connectivity index (χ2v) is 7.53. The van der Waals surface area contributed by atoms with Crippen LogP contribution in [0, 0.1) is 0 Å². The number of nitrogens with zero attached hydrogens (tertiary/aromatic N) is 4. The highest BCUT2D eigenvalue weighted by molar-refractivity contribution is 7.25. The molecule has 0 amide bonds. The van der Waals surface area contributed by atoms with E-state index < -0.39 is 0 Å². The summed E-state index contributed by atoms with van der Waals surface area (Å²) < 4.78 is 7.73. The van der Waals surface area contributed by atoms with E-state index in [9.17, 15) is 4.79 Å². The number of allylic oxidation sites excluding steroid dienone is 4. The van der Waals surface area contributed by atoms with Gasteiger partial charge in [0.15, 0.2) is 0 Å². The normalized spacial score (nSPS) is 12.6. The molecule has 0 radical (unpaired) electrons. The summed E-state index contributed by atoms with van der Waals surface area (Å²) in [6.07, 6.45) is 9.55. The van der Waals surface area contributed by atoms with E-state index in [1.807, 2.05) is 51.1 Å². The molecule has 0 spiro atoms. The first kappa shape index (κ1) is 19.8. The molecule has 6 nitrogen and oxygen atoms in total. The van der Waals surface area contributed by atoms with Gasteiger partial charge in [0.2, 0.25) is 0 Å². The van der Waals surface area contributed by atoms with Crippen molar-refractivity contribution < 1.29 is 4.74 Å². The zero-order valence-electron chi connectivity index (χ0n) is 16.6. The van der Waals surface area contributed by atoms with Crippen LogP contribution in [0.25, 0.3) is 26.1 Å². The van der Waals surface area contributed by atoms with E-state index in [-0.39, 0.29) is 5.56 Å². The molecule has 0 saturated heterocycles. The first-order valence-corrected chi connectivity index (χ1v) is 9.90. The van der Waals surface area contributed by atoms with Crippen molar-refractivity contribution in [1.29, 1.82) is 0 Å².